The molecule has 118 valence electrons. The Morgan fingerprint density at radius 2 is 1.57 bits per heavy atom. The summed E-state index contributed by atoms with van der Waals surface area (Å²) in [5, 5.41) is 0. The standard InChI is InChI=1S/C19H19NO3/c1-23-19(22)16-12-13-17(21)20(16)18(14-8-4-2-5-9-14)15-10-6-3-7-11-15/h2-11,16,18H,12-13H2,1H3/t16-/m0/s1. The number of methoxy groups -OCH3 is 1. The fourth-order valence-corrected chi connectivity index (χ4v) is 3.18. The summed E-state index contributed by atoms with van der Waals surface area (Å²) >= 11 is 0. The van der Waals surface area contributed by atoms with Crippen LogP contribution in [0, 0.1) is 0 Å². The number of ether oxygens (including phenoxy) is 1. The molecule has 2 aromatic rings. The van der Waals surface area contributed by atoms with Crippen LogP contribution in [0.1, 0.15) is 30.0 Å². The van der Waals surface area contributed by atoms with E-state index in [0.717, 1.165) is 11.1 Å². The van der Waals surface area contributed by atoms with E-state index in [1.165, 1.54) is 7.11 Å². The van der Waals surface area contributed by atoms with E-state index >= 15 is 0 Å². The fourth-order valence-electron chi connectivity index (χ4n) is 3.18. The predicted octanol–water partition coefficient (Wildman–Crippen LogP) is 2.94. The molecule has 0 N–H and O–H groups in total. The van der Waals surface area contributed by atoms with Gasteiger partial charge in [0.1, 0.15) is 6.04 Å². The lowest BCUT2D eigenvalue weighted by Gasteiger charge is -2.32. The van der Waals surface area contributed by atoms with E-state index < -0.39 is 6.04 Å². The van der Waals surface area contributed by atoms with Gasteiger partial charge in [0.2, 0.25) is 5.91 Å². The number of rotatable bonds is 4. The molecule has 1 aliphatic heterocycles. The normalized spacial score (nSPS) is 17.6. The maximum absolute atomic E-state index is 12.5. The molecule has 1 saturated heterocycles. The van der Waals surface area contributed by atoms with Crippen molar-refractivity contribution in [3.8, 4) is 0 Å². The molecule has 1 fully saturated rings. The van der Waals surface area contributed by atoms with Gasteiger partial charge in [-0.3, -0.25) is 4.79 Å². The number of hydrogen-bond acceptors (Lipinski definition) is 3. The molecule has 4 nitrogen and oxygen atoms in total. The highest BCUT2D eigenvalue weighted by Gasteiger charge is 2.41. The molecule has 0 aliphatic carbocycles. The van der Waals surface area contributed by atoms with Crippen molar-refractivity contribution in [2.24, 2.45) is 0 Å². The maximum atomic E-state index is 12.5. The first kappa shape index (κ1) is 15.3. The monoisotopic (exact) mass is 309 g/mol. The van der Waals surface area contributed by atoms with Crippen LogP contribution in [-0.4, -0.2) is 29.9 Å². The zero-order valence-corrected chi connectivity index (χ0v) is 13.0. The molecule has 3 rings (SSSR count). The Labute approximate surface area is 135 Å². The van der Waals surface area contributed by atoms with Crippen molar-refractivity contribution in [3.63, 3.8) is 0 Å². The number of amides is 1. The molecule has 0 radical (unpaired) electrons. The Morgan fingerprint density at radius 3 is 2.04 bits per heavy atom. The van der Waals surface area contributed by atoms with E-state index in [9.17, 15) is 9.59 Å². The summed E-state index contributed by atoms with van der Waals surface area (Å²) < 4.78 is 4.90. The van der Waals surface area contributed by atoms with E-state index in [2.05, 4.69) is 0 Å². The van der Waals surface area contributed by atoms with Gasteiger partial charge in [0.05, 0.1) is 13.2 Å². The van der Waals surface area contributed by atoms with Crippen LogP contribution in [0.4, 0.5) is 0 Å². The van der Waals surface area contributed by atoms with Gasteiger partial charge in [-0.2, -0.15) is 0 Å². The minimum absolute atomic E-state index is 0.0156. The third-order valence-electron chi connectivity index (χ3n) is 4.24. The number of likely N-dealkylation sites (tertiary alicyclic amines) is 1. The summed E-state index contributed by atoms with van der Waals surface area (Å²) in [7, 11) is 1.36. The van der Waals surface area contributed by atoms with Crippen LogP contribution < -0.4 is 0 Å². The molecular formula is C19H19NO3. The lowest BCUT2D eigenvalue weighted by Crippen LogP contribution is -2.42. The molecule has 2 aromatic carbocycles. The minimum atomic E-state index is -0.530. The summed E-state index contributed by atoms with van der Waals surface area (Å²) in [5.74, 6) is -0.370. The molecule has 0 bridgehead atoms. The summed E-state index contributed by atoms with van der Waals surface area (Å²) in [4.78, 5) is 26.3. The summed E-state index contributed by atoms with van der Waals surface area (Å²) in [5.41, 5.74) is 1.98. The lowest BCUT2D eigenvalue weighted by atomic mass is 9.96. The molecule has 1 heterocycles. The first-order valence-corrected chi connectivity index (χ1v) is 7.71. The Balaban J connectivity index is 2.07. The van der Waals surface area contributed by atoms with Crippen molar-refractivity contribution in [1.82, 2.24) is 4.90 Å². The molecule has 0 unspecified atom stereocenters. The van der Waals surface area contributed by atoms with Crippen molar-refractivity contribution in [2.45, 2.75) is 24.9 Å². The predicted molar refractivity (Wildman–Crippen MR) is 86.6 cm³/mol. The zero-order valence-electron chi connectivity index (χ0n) is 13.0. The Bertz CT molecular complexity index is 645. The van der Waals surface area contributed by atoms with Crippen molar-refractivity contribution >= 4 is 11.9 Å². The Morgan fingerprint density at radius 1 is 1.04 bits per heavy atom. The third kappa shape index (κ3) is 2.97. The van der Waals surface area contributed by atoms with E-state index in [1.54, 1.807) is 4.90 Å². The highest BCUT2D eigenvalue weighted by atomic mass is 16.5. The van der Waals surface area contributed by atoms with E-state index in [4.69, 9.17) is 4.74 Å². The highest BCUT2D eigenvalue weighted by molar-refractivity contribution is 5.88. The number of hydrogen-bond donors (Lipinski definition) is 0. The van der Waals surface area contributed by atoms with Gasteiger partial charge in [-0.1, -0.05) is 60.7 Å². The first-order valence-electron chi connectivity index (χ1n) is 7.71. The molecule has 1 atom stereocenters. The fraction of sp³-hybridized carbons (Fsp3) is 0.263. The van der Waals surface area contributed by atoms with Crippen LogP contribution in [0.25, 0.3) is 0 Å². The molecule has 0 saturated carbocycles. The van der Waals surface area contributed by atoms with Gasteiger partial charge in [0, 0.05) is 6.42 Å². The molecule has 1 aliphatic rings. The van der Waals surface area contributed by atoms with Gasteiger partial charge in [0.15, 0.2) is 0 Å². The molecular weight excluding hydrogens is 290 g/mol. The van der Waals surface area contributed by atoms with Crippen molar-refractivity contribution in [1.29, 1.82) is 0 Å². The molecule has 23 heavy (non-hydrogen) atoms. The van der Waals surface area contributed by atoms with Crippen LogP contribution >= 0.6 is 0 Å². The molecule has 0 spiro atoms. The zero-order chi connectivity index (χ0) is 16.2. The van der Waals surface area contributed by atoms with Crippen LogP contribution in [-0.2, 0) is 14.3 Å². The average molecular weight is 309 g/mol. The summed E-state index contributed by atoms with van der Waals surface area (Å²) in [6.45, 7) is 0. The van der Waals surface area contributed by atoms with Crippen LogP contribution in [0.3, 0.4) is 0 Å². The van der Waals surface area contributed by atoms with Crippen molar-refractivity contribution in [3.05, 3.63) is 71.8 Å². The van der Waals surface area contributed by atoms with Gasteiger partial charge >= 0.3 is 5.97 Å². The Hall–Kier alpha value is -2.62. The number of carbonyl (C=O) groups excluding carboxylic acids is 2. The second-order valence-corrected chi connectivity index (χ2v) is 5.60. The number of nitrogens with zero attached hydrogens (tertiary/aromatic N) is 1. The summed E-state index contributed by atoms with van der Waals surface area (Å²) in [6.07, 6.45) is 0.873. The SMILES string of the molecule is COC(=O)[C@@H]1CCC(=O)N1C(c1ccccc1)c1ccccc1. The second-order valence-electron chi connectivity index (χ2n) is 5.60. The topological polar surface area (TPSA) is 46.6 Å². The quantitative estimate of drug-likeness (QED) is 0.816. The van der Waals surface area contributed by atoms with Crippen LogP contribution in [0.5, 0.6) is 0 Å². The van der Waals surface area contributed by atoms with Crippen molar-refractivity contribution in [2.75, 3.05) is 7.11 Å². The van der Waals surface area contributed by atoms with Gasteiger partial charge in [-0.05, 0) is 17.5 Å². The van der Waals surface area contributed by atoms with Gasteiger partial charge in [0.25, 0.3) is 0 Å². The number of benzene rings is 2. The van der Waals surface area contributed by atoms with Gasteiger partial charge in [-0.15, -0.1) is 0 Å². The van der Waals surface area contributed by atoms with Crippen molar-refractivity contribution < 1.29 is 14.3 Å². The second kappa shape index (κ2) is 6.65. The van der Waals surface area contributed by atoms with Gasteiger partial charge < -0.3 is 9.64 Å². The van der Waals surface area contributed by atoms with E-state index in [-0.39, 0.29) is 17.9 Å². The number of carbonyl (C=O) groups is 2. The smallest absolute Gasteiger partial charge is 0.328 e. The molecule has 4 heteroatoms. The third-order valence-corrected chi connectivity index (χ3v) is 4.24. The largest absolute Gasteiger partial charge is 0.467 e. The average Bonchev–Trinajstić information content (AvgIpc) is 2.98. The molecule has 0 aromatic heterocycles. The number of esters is 1. The van der Waals surface area contributed by atoms with E-state index in [0.29, 0.717) is 12.8 Å². The minimum Gasteiger partial charge on any atom is -0.467 e. The van der Waals surface area contributed by atoms with Crippen LogP contribution in [0.15, 0.2) is 60.7 Å². The Kier molecular flexibility index (Phi) is 4.42. The van der Waals surface area contributed by atoms with Crippen LogP contribution in [0.2, 0.25) is 0 Å². The lowest BCUT2D eigenvalue weighted by molar-refractivity contribution is -0.150. The highest BCUT2D eigenvalue weighted by Crippen LogP contribution is 2.35. The molecule has 1 amide bonds. The first-order chi connectivity index (χ1) is 11.2. The summed E-state index contributed by atoms with van der Waals surface area (Å²) in [6, 6.07) is 18.8. The maximum Gasteiger partial charge on any atom is 0.328 e. The van der Waals surface area contributed by atoms with E-state index in [1.807, 2.05) is 60.7 Å². The van der Waals surface area contributed by atoms with Gasteiger partial charge in [-0.25, -0.2) is 4.79 Å².